The van der Waals surface area contributed by atoms with Crippen LogP contribution in [0.5, 0.6) is 0 Å². The number of hydrogen-bond acceptors (Lipinski definition) is 0. The van der Waals surface area contributed by atoms with E-state index < -0.39 is 15.8 Å². The summed E-state index contributed by atoms with van der Waals surface area (Å²) in [6, 6.07) is 64.6. The van der Waals surface area contributed by atoms with E-state index in [2.05, 4.69) is 203 Å². The topological polar surface area (TPSA) is 14.1 Å². The van der Waals surface area contributed by atoms with E-state index in [0.29, 0.717) is 0 Å². The van der Waals surface area contributed by atoms with E-state index in [0.717, 1.165) is 13.1 Å². The second-order valence-electron chi connectivity index (χ2n) is 14.2. The second-order valence-corrected chi connectivity index (χ2v) is 18.6. The van der Waals surface area contributed by atoms with Crippen LogP contribution < -0.4 is 44.2 Å². The van der Waals surface area contributed by atoms with Crippen molar-refractivity contribution >= 4 is 69.2 Å². The number of fused-ring (bicyclic) bond motifs is 2. The number of benzene rings is 8. The van der Waals surface area contributed by atoms with E-state index >= 15 is 0 Å². The van der Waals surface area contributed by atoms with Crippen LogP contribution in [-0.4, -0.2) is 13.1 Å². The first-order valence-corrected chi connectivity index (χ1v) is 22.1. The van der Waals surface area contributed by atoms with Gasteiger partial charge in [-0.15, -0.1) is 0 Å². The summed E-state index contributed by atoms with van der Waals surface area (Å²) in [6.07, 6.45) is 0. The minimum absolute atomic E-state index is 0. The van der Waals surface area contributed by atoms with Crippen molar-refractivity contribution in [3.63, 3.8) is 0 Å². The maximum Gasteiger partial charge on any atom is 2.00 e. The third-order valence-electron chi connectivity index (χ3n) is 10.2. The van der Waals surface area contributed by atoms with Crippen LogP contribution in [0, 0.1) is 27.7 Å². The Hall–Kier alpha value is -3.99. The van der Waals surface area contributed by atoms with E-state index in [9.17, 15) is 0 Å². The van der Waals surface area contributed by atoms with E-state index in [1.165, 1.54) is 86.8 Å². The van der Waals surface area contributed by atoms with Crippen molar-refractivity contribution in [2.24, 2.45) is 0 Å². The molecule has 0 aliphatic heterocycles. The van der Waals surface area contributed by atoms with Gasteiger partial charge in [0.15, 0.2) is 0 Å². The molecule has 0 saturated carbocycles. The number of nitrogens with zero attached hydrogens (tertiary/aromatic N) is 1. The minimum Gasteiger partial charge on any atom is -1.00 e. The largest absolute Gasteiger partial charge is 2.00 e. The van der Waals surface area contributed by atoms with Crippen molar-refractivity contribution in [3.05, 3.63) is 197 Å². The number of halogens is 1. The van der Waals surface area contributed by atoms with Crippen LogP contribution in [0.25, 0.3) is 38.0 Å². The van der Waals surface area contributed by atoms with E-state index in [-0.39, 0.29) is 31.9 Å². The zero-order valence-electron chi connectivity index (χ0n) is 33.7. The monoisotopic (exact) mass is 887 g/mol. The van der Waals surface area contributed by atoms with Crippen LogP contribution in [0.4, 0.5) is 0 Å². The molecule has 0 aliphatic rings. The number of aryl methyl sites for hydroxylation is 4. The summed E-state index contributed by atoms with van der Waals surface area (Å²) in [6.45, 7) is 14.8. The Morgan fingerprint density at radius 3 is 0.912 bits per heavy atom. The molecule has 8 rings (SSSR count). The van der Waals surface area contributed by atoms with E-state index in [1.54, 1.807) is 0 Å². The van der Waals surface area contributed by atoms with Gasteiger partial charge in [0, 0.05) is 0 Å². The van der Waals surface area contributed by atoms with Gasteiger partial charge in [0.05, 0.1) is 0 Å². The zero-order valence-corrected chi connectivity index (χ0v) is 37.9. The van der Waals surface area contributed by atoms with Crippen LogP contribution in [0.15, 0.2) is 170 Å². The van der Waals surface area contributed by atoms with Gasteiger partial charge >= 0.3 is 19.5 Å². The van der Waals surface area contributed by atoms with Crippen molar-refractivity contribution in [1.29, 1.82) is 0 Å². The first-order chi connectivity index (χ1) is 26.9. The van der Waals surface area contributed by atoms with E-state index in [4.69, 9.17) is 0 Å². The molecule has 5 heteroatoms. The Kier molecular flexibility index (Phi) is 16.0. The predicted molar refractivity (Wildman–Crippen MR) is 248 cm³/mol. The van der Waals surface area contributed by atoms with Gasteiger partial charge in [-0.3, -0.25) is 0 Å². The van der Waals surface area contributed by atoms with Crippen LogP contribution in [0.1, 0.15) is 36.1 Å². The molecule has 8 aromatic carbocycles. The molecule has 0 radical (unpaired) electrons. The molecular formula is C52H50ClNP2Ru. The smallest absolute Gasteiger partial charge is 1.00 e. The molecule has 8 aromatic rings. The first kappa shape index (κ1) is 44.1. The maximum atomic E-state index is 3.97. The summed E-state index contributed by atoms with van der Waals surface area (Å²) in [5.74, 6) is 0. The molecule has 0 N–H and O–H groups in total. The average Bonchev–Trinajstić information content (AvgIpc) is 3.21. The quantitative estimate of drug-likeness (QED) is 0.102. The average molecular weight is 887 g/mol. The number of rotatable bonds is 9. The molecule has 0 atom stereocenters. The van der Waals surface area contributed by atoms with Gasteiger partial charge in [0.2, 0.25) is 0 Å². The van der Waals surface area contributed by atoms with Crippen molar-refractivity contribution in [1.82, 2.24) is 0 Å². The summed E-state index contributed by atoms with van der Waals surface area (Å²) < 4.78 is 0. The van der Waals surface area contributed by atoms with E-state index in [1.807, 2.05) is 13.8 Å². The molecule has 0 aromatic heterocycles. The molecule has 0 bridgehead atoms. The van der Waals surface area contributed by atoms with Gasteiger partial charge in [-0.1, -0.05) is 206 Å². The van der Waals surface area contributed by atoms with Crippen LogP contribution in [0.3, 0.4) is 0 Å². The molecule has 0 spiro atoms. The molecule has 0 aliphatic carbocycles. The maximum absolute atomic E-state index is 3.97. The summed E-state index contributed by atoms with van der Waals surface area (Å²) >= 11 is 0. The third kappa shape index (κ3) is 10.0. The van der Waals surface area contributed by atoms with Crippen LogP contribution >= 0.6 is 15.8 Å². The Balaban J connectivity index is 0.000000836. The molecular weight excluding hydrogens is 837 g/mol. The minimum atomic E-state index is -0.885. The van der Waals surface area contributed by atoms with Gasteiger partial charge in [-0.2, -0.15) is 13.1 Å². The predicted octanol–water partition coefficient (Wildman–Crippen LogP) is 8.81. The van der Waals surface area contributed by atoms with Crippen molar-refractivity contribution in [2.45, 2.75) is 41.5 Å². The van der Waals surface area contributed by atoms with Gasteiger partial charge in [0.1, 0.15) is 0 Å². The van der Waals surface area contributed by atoms with Gasteiger partial charge in [-0.05, 0) is 108 Å². The van der Waals surface area contributed by atoms with Crippen molar-refractivity contribution in [3.8, 4) is 11.1 Å². The van der Waals surface area contributed by atoms with Crippen molar-refractivity contribution in [2.75, 3.05) is 13.1 Å². The second kappa shape index (κ2) is 20.6. The molecule has 0 heterocycles. The molecule has 0 saturated heterocycles. The first-order valence-electron chi connectivity index (χ1n) is 19.4. The summed E-state index contributed by atoms with van der Waals surface area (Å²) in [5, 5.41) is 17.4. The Bertz CT molecular complexity index is 2250. The van der Waals surface area contributed by atoms with Gasteiger partial charge < -0.3 is 17.7 Å². The zero-order chi connectivity index (χ0) is 38.3. The number of hydrogen-bond donors (Lipinski definition) is 0. The molecule has 0 amide bonds. The molecule has 1 nitrogen and oxygen atoms in total. The fraction of sp³-hybridized carbons (Fsp3) is 0.154. The SMILES string of the molecule is CC[N-]CC.Cc1ccc(P(c2ccc(C)cc2)c2ccc3ccccc3c2-c2c(P(c3ccc(C)cc3)c3ccc(C)cc3)ccc3ccccc23)cc1.[Cl-].[Ru+2]. The molecule has 0 unspecified atom stereocenters. The van der Waals surface area contributed by atoms with Crippen LogP contribution in [0.2, 0.25) is 0 Å². The van der Waals surface area contributed by atoms with Gasteiger partial charge in [0.25, 0.3) is 0 Å². The Labute approximate surface area is 362 Å². The third-order valence-corrected chi connectivity index (χ3v) is 15.1. The fourth-order valence-electron chi connectivity index (χ4n) is 7.27. The molecule has 288 valence electrons. The summed E-state index contributed by atoms with van der Waals surface area (Å²) in [7, 11) is -1.77. The summed E-state index contributed by atoms with van der Waals surface area (Å²) in [4.78, 5) is 0. The fourth-order valence-corrected chi connectivity index (χ4v) is 12.1. The molecule has 0 fully saturated rings. The molecule has 57 heavy (non-hydrogen) atoms. The standard InChI is InChI=1S/C48H40P2.C4H10N.ClH.Ru/c1-33-13-23-39(24-14-33)49(40-25-15-34(2)16-26-40)45-31-21-37-9-5-7-11-43(37)47(45)48-44-12-8-6-10-38(44)22-32-46(48)50(41-27-17-35(3)18-28-41)42-29-19-36(4)20-30-42;1-3-5-4-2;;/h5-32H,1-4H3;3-4H2,1-2H3;1H;/q;-1;;+2/p-1. The Morgan fingerprint density at radius 1 is 0.368 bits per heavy atom. The summed E-state index contributed by atoms with van der Waals surface area (Å²) in [5.41, 5.74) is 7.84. The van der Waals surface area contributed by atoms with Crippen molar-refractivity contribution < 1.29 is 31.9 Å². The van der Waals surface area contributed by atoms with Crippen LogP contribution in [-0.2, 0) is 19.5 Å². The normalized spacial score (nSPS) is 10.9. The van der Waals surface area contributed by atoms with Gasteiger partial charge in [-0.25, -0.2) is 0 Å². The Morgan fingerprint density at radius 2 is 0.649 bits per heavy atom.